The number of carbonyl (C=O) groups is 2. The largest absolute Gasteiger partial charge is 0.493 e. The molecule has 3 aromatic rings. The molecule has 1 unspecified atom stereocenters. The van der Waals surface area contributed by atoms with Crippen LogP contribution in [0.1, 0.15) is 22.8 Å². The van der Waals surface area contributed by atoms with Gasteiger partial charge in [0, 0.05) is 12.0 Å². The molecule has 0 radical (unpaired) electrons. The predicted molar refractivity (Wildman–Crippen MR) is 105 cm³/mol. The van der Waals surface area contributed by atoms with Gasteiger partial charge in [-0.3, -0.25) is 20.4 Å². The molecule has 1 atom stereocenters. The molecule has 1 aliphatic heterocycles. The van der Waals surface area contributed by atoms with Crippen molar-refractivity contribution in [1.82, 2.24) is 10.9 Å². The summed E-state index contributed by atoms with van der Waals surface area (Å²) in [7, 11) is 0. The Bertz CT molecular complexity index is 1050. The summed E-state index contributed by atoms with van der Waals surface area (Å²) in [5.74, 6) is 0.566. The van der Waals surface area contributed by atoms with Crippen LogP contribution in [0.25, 0.3) is 10.8 Å². The Labute approximate surface area is 162 Å². The average molecular weight is 376 g/mol. The molecule has 1 aliphatic rings. The van der Waals surface area contributed by atoms with Crippen molar-refractivity contribution in [2.45, 2.75) is 19.4 Å². The molecule has 0 fully saturated rings. The third-order valence-electron chi connectivity index (χ3n) is 4.65. The minimum atomic E-state index is -0.769. The summed E-state index contributed by atoms with van der Waals surface area (Å²) in [5.41, 5.74) is 6.30. The molecule has 2 amide bonds. The summed E-state index contributed by atoms with van der Waals surface area (Å²) in [5, 5.41) is 2.13. The molecule has 0 spiro atoms. The van der Waals surface area contributed by atoms with E-state index in [-0.39, 0.29) is 5.91 Å². The van der Waals surface area contributed by atoms with Crippen LogP contribution < -0.4 is 20.3 Å². The summed E-state index contributed by atoms with van der Waals surface area (Å²) in [6.45, 7) is 2.25. The number of benzene rings is 3. The number of hydrogen-bond acceptors (Lipinski definition) is 4. The van der Waals surface area contributed by atoms with Crippen LogP contribution in [-0.4, -0.2) is 24.5 Å². The zero-order valence-corrected chi connectivity index (χ0v) is 15.4. The van der Waals surface area contributed by atoms with E-state index < -0.39 is 12.0 Å². The standard InChI is InChI=1S/C22H20N2O4/c1-14(28-19-8-6-15-4-2-3-5-16(15)13-19)21(25)23-24-22(26)18-7-9-20-17(12-18)10-11-27-20/h2-9,12-14H,10-11H2,1H3,(H,23,25)(H,24,26). The molecule has 0 saturated carbocycles. The van der Waals surface area contributed by atoms with Crippen molar-refractivity contribution in [2.24, 2.45) is 0 Å². The molecule has 28 heavy (non-hydrogen) atoms. The van der Waals surface area contributed by atoms with Gasteiger partial charge in [-0.1, -0.05) is 30.3 Å². The Morgan fingerprint density at radius 3 is 2.68 bits per heavy atom. The van der Waals surface area contributed by atoms with Crippen molar-refractivity contribution in [3.63, 3.8) is 0 Å². The zero-order chi connectivity index (χ0) is 19.5. The number of hydrogen-bond donors (Lipinski definition) is 2. The normalized spacial score (nSPS) is 13.3. The molecule has 2 N–H and O–H groups in total. The predicted octanol–water partition coefficient (Wildman–Crippen LogP) is 3.00. The molecule has 1 heterocycles. The number of carbonyl (C=O) groups excluding carboxylic acids is 2. The maximum absolute atomic E-state index is 12.3. The van der Waals surface area contributed by atoms with Gasteiger partial charge >= 0.3 is 0 Å². The molecular formula is C22H20N2O4. The number of nitrogens with one attached hydrogen (secondary N) is 2. The van der Waals surface area contributed by atoms with E-state index in [1.807, 2.05) is 42.5 Å². The number of hydrazine groups is 1. The van der Waals surface area contributed by atoms with Gasteiger partial charge in [0.15, 0.2) is 6.10 Å². The van der Waals surface area contributed by atoms with Crippen molar-refractivity contribution in [1.29, 1.82) is 0 Å². The van der Waals surface area contributed by atoms with Gasteiger partial charge in [-0.25, -0.2) is 0 Å². The van der Waals surface area contributed by atoms with Crippen LogP contribution in [0, 0.1) is 0 Å². The lowest BCUT2D eigenvalue weighted by molar-refractivity contribution is -0.128. The number of amides is 2. The van der Waals surface area contributed by atoms with Crippen molar-refractivity contribution >= 4 is 22.6 Å². The highest BCUT2D eigenvalue weighted by Crippen LogP contribution is 2.25. The fourth-order valence-electron chi connectivity index (χ4n) is 3.12. The molecule has 0 bridgehead atoms. The van der Waals surface area contributed by atoms with Gasteiger partial charge in [-0.05, 0) is 53.6 Å². The monoisotopic (exact) mass is 376 g/mol. The first-order valence-electron chi connectivity index (χ1n) is 9.11. The van der Waals surface area contributed by atoms with Crippen LogP contribution in [0.2, 0.25) is 0 Å². The lowest BCUT2D eigenvalue weighted by Crippen LogP contribution is -2.47. The van der Waals surface area contributed by atoms with Crippen molar-refractivity contribution in [3.8, 4) is 11.5 Å². The third-order valence-corrected chi connectivity index (χ3v) is 4.65. The Kier molecular flexibility index (Phi) is 4.85. The molecule has 6 nitrogen and oxygen atoms in total. The Balaban J connectivity index is 1.34. The van der Waals surface area contributed by atoms with Crippen molar-refractivity contribution in [2.75, 3.05) is 6.61 Å². The van der Waals surface area contributed by atoms with Crippen molar-refractivity contribution in [3.05, 3.63) is 71.8 Å². The second-order valence-corrected chi connectivity index (χ2v) is 6.63. The fourth-order valence-corrected chi connectivity index (χ4v) is 3.12. The smallest absolute Gasteiger partial charge is 0.279 e. The number of ether oxygens (including phenoxy) is 2. The van der Waals surface area contributed by atoms with E-state index in [4.69, 9.17) is 9.47 Å². The van der Waals surface area contributed by atoms with E-state index in [2.05, 4.69) is 10.9 Å². The maximum Gasteiger partial charge on any atom is 0.279 e. The zero-order valence-electron chi connectivity index (χ0n) is 15.4. The Hall–Kier alpha value is -3.54. The number of rotatable bonds is 4. The lowest BCUT2D eigenvalue weighted by Gasteiger charge is -2.15. The fraction of sp³-hybridized carbons (Fsp3) is 0.182. The Morgan fingerprint density at radius 1 is 1.00 bits per heavy atom. The van der Waals surface area contributed by atoms with Gasteiger partial charge in [-0.2, -0.15) is 0 Å². The highest BCUT2D eigenvalue weighted by molar-refractivity contribution is 5.96. The quantitative estimate of drug-likeness (QED) is 0.687. The summed E-state index contributed by atoms with van der Waals surface area (Å²) in [4.78, 5) is 24.5. The molecule has 6 heteroatoms. The first-order chi connectivity index (χ1) is 13.6. The van der Waals surface area contributed by atoms with Gasteiger partial charge in [0.1, 0.15) is 11.5 Å². The number of fused-ring (bicyclic) bond motifs is 2. The minimum absolute atomic E-state index is 0.388. The van der Waals surface area contributed by atoms with Crippen LogP contribution in [-0.2, 0) is 11.2 Å². The second-order valence-electron chi connectivity index (χ2n) is 6.63. The highest BCUT2D eigenvalue weighted by Gasteiger charge is 2.18. The van der Waals surface area contributed by atoms with Gasteiger partial charge in [-0.15, -0.1) is 0 Å². The van der Waals surface area contributed by atoms with Crippen LogP contribution in [0.3, 0.4) is 0 Å². The topological polar surface area (TPSA) is 76.7 Å². The SMILES string of the molecule is CC(Oc1ccc2ccccc2c1)C(=O)NNC(=O)c1ccc2c(c1)CCO2. The highest BCUT2D eigenvalue weighted by atomic mass is 16.5. The molecular weight excluding hydrogens is 356 g/mol. The summed E-state index contributed by atoms with van der Waals surface area (Å²) in [6.07, 6.45) is 0.00860. The van der Waals surface area contributed by atoms with E-state index in [1.54, 1.807) is 25.1 Å². The van der Waals surface area contributed by atoms with Crippen LogP contribution in [0.5, 0.6) is 11.5 Å². The molecule has 142 valence electrons. The van der Waals surface area contributed by atoms with Crippen LogP contribution in [0.4, 0.5) is 0 Å². The molecule has 4 rings (SSSR count). The first-order valence-corrected chi connectivity index (χ1v) is 9.11. The third kappa shape index (κ3) is 3.76. The van der Waals surface area contributed by atoms with Crippen LogP contribution in [0.15, 0.2) is 60.7 Å². The first kappa shape index (κ1) is 17.9. The molecule has 0 aromatic heterocycles. The van der Waals surface area contributed by atoms with Gasteiger partial charge in [0.25, 0.3) is 11.8 Å². The van der Waals surface area contributed by atoms with E-state index in [9.17, 15) is 9.59 Å². The lowest BCUT2D eigenvalue weighted by atomic mass is 10.1. The summed E-state index contributed by atoms with van der Waals surface area (Å²) in [6, 6.07) is 18.8. The van der Waals surface area contributed by atoms with Crippen LogP contribution >= 0.6 is 0 Å². The molecule has 0 aliphatic carbocycles. The van der Waals surface area contributed by atoms with E-state index >= 15 is 0 Å². The molecule has 3 aromatic carbocycles. The van der Waals surface area contributed by atoms with Crippen molar-refractivity contribution < 1.29 is 19.1 Å². The summed E-state index contributed by atoms with van der Waals surface area (Å²) < 4.78 is 11.1. The van der Waals surface area contributed by atoms with E-state index in [0.717, 1.165) is 28.5 Å². The van der Waals surface area contributed by atoms with Gasteiger partial charge in [0.05, 0.1) is 6.61 Å². The summed E-state index contributed by atoms with van der Waals surface area (Å²) >= 11 is 0. The average Bonchev–Trinajstić information content (AvgIpc) is 3.19. The van der Waals surface area contributed by atoms with E-state index in [1.165, 1.54) is 0 Å². The van der Waals surface area contributed by atoms with Gasteiger partial charge in [0.2, 0.25) is 0 Å². The second kappa shape index (κ2) is 7.60. The minimum Gasteiger partial charge on any atom is -0.493 e. The Morgan fingerprint density at radius 2 is 1.82 bits per heavy atom. The maximum atomic E-state index is 12.3. The van der Waals surface area contributed by atoms with Gasteiger partial charge < -0.3 is 9.47 Å². The molecule has 0 saturated heterocycles. The van der Waals surface area contributed by atoms with E-state index in [0.29, 0.717) is 17.9 Å².